The van der Waals surface area contributed by atoms with Crippen LogP contribution in [-0.2, 0) is 4.79 Å². The summed E-state index contributed by atoms with van der Waals surface area (Å²) in [6.45, 7) is 0. The van der Waals surface area contributed by atoms with Gasteiger partial charge in [0.25, 0.3) is 11.1 Å². The summed E-state index contributed by atoms with van der Waals surface area (Å²) in [6, 6.07) is 2.38. The largest absolute Gasteiger partial charge is 0.367 e. The Labute approximate surface area is 123 Å². The van der Waals surface area contributed by atoms with E-state index in [4.69, 9.17) is 0 Å². The van der Waals surface area contributed by atoms with Crippen LogP contribution in [0, 0.1) is 0 Å². The molecule has 21 heavy (non-hydrogen) atoms. The van der Waals surface area contributed by atoms with Crippen LogP contribution < -0.4 is 10.6 Å². The van der Waals surface area contributed by atoms with Gasteiger partial charge < -0.3 is 5.32 Å². The Kier molecular flexibility index (Phi) is 2.71. The number of imide groups is 1. The molecule has 106 valence electrons. The number of anilines is 1. The molecule has 1 aliphatic carbocycles. The zero-order valence-electron chi connectivity index (χ0n) is 10.9. The Hall–Kier alpha value is -2.35. The number of nitrogens with zero attached hydrogens (tertiary/aromatic N) is 3. The molecule has 2 aliphatic rings. The van der Waals surface area contributed by atoms with Crippen molar-refractivity contribution in [2.24, 2.45) is 0 Å². The molecule has 0 atom stereocenters. The third-order valence-electron chi connectivity index (χ3n) is 3.29. The fraction of sp³-hybridized carbons (Fsp3) is 0.231. The van der Waals surface area contributed by atoms with E-state index in [0.29, 0.717) is 22.2 Å². The van der Waals surface area contributed by atoms with Crippen LogP contribution in [0.4, 0.5) is 10.6 Å². The molecule has 4 rings (SSSR count). The van der Waals surface area contributed by atoms with Crippen LogP contribution in [0.1, 0.15) is 18.4 Å². The maximum atomic E-state index is 11.6. The van der Waals surface area contributed by atoms with Crippen molar-refractivity contribution in [1.29, 1.82) is 0 Å². The minimum absolute atomic E-state index is 0.355. The van der Waals surface area contributed by atoms with Gasteiger partial charge in [0.2, 0.25) is 0 Å². The molecule has 8 heteroatoms. The first-order valence-electron chi connectivity index (χ1n) is 6.55. The SMILES string of the molecule is O=C1NC(=O)/C(=C/c2cnn3c(NC4CC4)ccnc23)S1. The Morgan fingerprint density at radius 3 is 3.00 bits per heavy atom. The second-order valence-corrected chi connectivity index (χ2v) is 5.95. The summed E-state index contributed by atoms with van der Waals surface area (Å²) >= 11 is 0.886. The Morgan fingerprint density at radius 1 is 1.43 bits per heavy atom. The molecule has 0 unspecified atom stereocenters. The van der Waals surface area contributed by atoms with Gasteiger partial charge in [0.05, 0.1) is 11.1 Å². The standard InChI is InChI=1S/C13H11N5O2S/c19-12-9(21-13(20)17-12)5-7-6-15-18-10(16-8-1-2-8)3-4-14-11(7)18/h3-6,8,16H,1-2H2,(H,17,19,20)/b9-5-. The highest BCUT2D eigenvalue weighted by Crippen LogP contribution is 2.28. The third-order valence-corrected chi connectivity index (χ3v) is 4.10. The van der Waals surface area contributed by atoms with Crippen molar-refractivity contribution < 1.29 is 9.59 Å². The summed E-state index contributed by atoms with van der Waals surface area (Å²) in [5.74, 6) is 0.503. The molecule has 2 fully saturated rings. The first-order chi connectivity index (χ1) is 10.2. The number of fused-ring (bicyclic) bond motifs is 1. The van der Waals surface area contributed by atoms with Crippen molar-refractivity contribution in [1.82, 2.24) is 19.9 Å². The average Bonchev–Trinajstić information content (AvgIpc) is 3.09. The zero-order chi connectivity index (χ0) is 14.4. The van der Waals surface area contributed by atoms with Crippen LogP contribution in [0.2, 0.25) is 0 Å². The van der Waals surface area contributed by atoms with Crippen LogP contribution in [-0.4, -0.2) is 31.8 Å². The number of nitrogens with one attached hydrogen (secondary N) is 2. The second-order valence-electron chi connectivity index (χ2n) is 4.94. The summed E-state index contributed by atoms with van der Waals surface area (Å²) < 4.78 is 1.71. The van der Waals surface area contributed by atoms with Crippen LogP contribution >= 0.6 is 11.8 Å². The van der Waals surface area contributed by atoms with Crippen molar-refractivity contribution >= 4 is 40.4 Å². The predicted octanol–water partition coefficient (Wildman–Crippen LogP) is 1.63. The van der Waals surface area contributed by atoms with Crippen molar-refractivity contribution in [2.75, 3.05) is 5.32 Å². The monoisotopic (exact) mass is 301 g/mol. The molecule has 2 amide bonds. The maximum absolute atomic E-state index is 11.6. The number of amides is 2. The molecule has 2 aromatic rings. The fourth-order valence-corrected chi connectivity index (χ4v) is 2.79. The highest BCUT2D eigenvalue weighted by Gasteiger charge is 2.26. The molecule has 0 spiro atoms. The van der Waals surface area contributed by atoms with E-state index in [9.17, 15) is 9.59 Å². The van der Waals surface area contributed by atoms with Gasteiger partial charge in [0.15, 0.2) is 5.65 Å². The minimum atomic E-state index is -0.378. The van der Waals surface area contributed by atoms with E-state index in [1.165, 1.54) is 12.8 Å². The van der Waals surface area contributed by atoms with Gasteiger partial charge in [-0.15, -0.1) is 0 Å². The number of carbonyl (C=O) groups is 2. The average molecular weight is 301 g/mol. The van der Waals surface area contributed by atoms with Crippen molar-refractivity contribution in [2.45, 2.75) is 18.9 Å². The predicted molar refractivity (Wildman–Crippen MR) is 78.7 cm³/mol. The highest BCUT2D eigenvalue weighted by atomic mass is 32.2. The summed E-state index contributed by atoms with van der Waals surface area (Å²) in [5.41, 5.74) is 1.36. The van der Waals surface area contributed by atoms with Crippen molar-refractivity contribution in [3.8, 4) is 0 Å². The van der Waals surface area contributed by atoms with Crippen LogP contribution in [0.5, 0.6) is 0 Å². The number of hydrogen-bond donors (Lipinski definition) is 2. The number of aromatic nitrogens is 3. The van der Waals surface area contributed by atoms with E-state index in [2.05, 4.69) is 20.7 Å². The first-order valence-corrected chi connectivity index (χ1v) is 7.36. The fourth-order valence-electron chi connectivity index (χ4n) is 2.12. The van der Waals surface area contributed by atoms with Gasteiger partial charge in [-0.1, -0.05) is 0 Å². The Balaban J connectivity index is 1.74. The van der Waals surface area contributed by atoms with Gasteiger partial charge in [0.1, 0.15) is 5.82 Å². The van der Waals surface area contributed by atoms with Crippen LogP contribution in [0.25, 0.3) is 11.7 Å². The van der Waals surface area contributed by atoms with Crippen molar-refractivity contribution in [3.63, 3.8) is 0 Å². The minimum Gasteiger partial charge on any atom is -0.367 e. The number of rotatable bonds is 3. The lowest BCUT2D eigenvalue weighted by Crippen LogP contribution is -2.17. The van der Waals surface area contributed by atoms with Crippen LogP contribution in [0.15, 0.2) is 23.4 Å². The van der Waals surface area contributed by atoms with E-state index in [0.717, 1.165) is 17.6 Å². The van der Waals surface area contributed by atoms with Crippen molar-refractivity contribution in [3.05, 3.63) is 28.9 Å². The molecular formula is C13H11N5O2S. The lowest BCUT2D eigenvalue weighted by Gasteiger charge is -2.05. The number of thioether (sulfide) groups is 1. The quantitative estimate of drug-likeness (QED) is 0.838. The van der Waals surface area contributed by atoms with Gasteiger partial charge >= 0.3 is 0 Å². The van der Waals surface area contributed by atoms with Gasteiger partial charge in [0, 0.05) is 17.8 Å². The highest BCUT2D eigenvalue weighted by molar-refractivity contribution is 8.18. The van der Waals surface area contributed by atoms with Crippen LogP contribution in [0.3, 0.4) is 0 Å². The molecule has 3 heterocycles. The van der Waals surface area contributed by atoms with E-state index in [1.54, 1.807) is 23.0 Å². The molecule has 0 bridgehead atoms. The molecule has 1 saturated heterocycles. The van der Waals surface area contributed by atoms with Gasteiger partial charge in [-0.2, -0.15) is 9.61 Å². The Morgan fingerprint density at radius 2 is 2.29 bits per heavy atom. The summed E-state index contributed by atoms with van der Waals surface area (Å²) in [7, 11) is 0. The second kappa shape index (κ2) is 4.59. The number of carbonyl (C=O) groups excluding carboxylic acids is 2. The summed E-state index contributed by atoms with van der Waals surface area (Å²) in [4.78, 5) is 27.4. The van der Waals surface area contributed by atoms with Gasteiger partial charge in [-0.05, 0) is 36.7 Å². The number of hydrogen-bond acceptors (Lipinski definition) is 6. The summed E-state index contributed by atoms with van der Waals surface area (Å²) in [5, 5.41) is 9.56. The van der Waals surface area contributed by atoms with E-state index < -0.39 is 0 Å². The van der Waals surface area contributed by atoms with Gasteiger partial charge in [-0.25, -0.2) is 4.98 Å². The molecule has 1 aliphatic heterocycles. The Bertz CT molecular complexity index is 793. The molecule has 2 N–H and O–H groups in total. The molecular weight excluding hydrogens is 290 g/mol. The summed E-state index contributed by atoms with van der Waals surface area (Å²) in [6.07, 6.45) is 7.32. The lowest BCUT2D eigenvalue weighted by molar-refractivity contribution is -0.115. The van der Waals surface area contributed by atoms with E-state index in [1.807, 2.05) is 6.07 Å². The zero-order valence-corrected chi connectivity index (χ0v) is 11.7. The normalized spacial score (nSPS) is 20.3. The van der Waals surface area contributed by atoms with E-state index >= 15 is 0 Å². The smallest absolute Gasteiger partial charge is 0.290 e. The maximum Gasteiger partial charge on any atom is 0.290 e. The van der Waals surface area contributed by atoms with E-state index in [-0.39, 0.29) is 11.1 Å². The molecule has 0 radical (unpaired) electrons. The molecule has 2 aromatic heterocycles. The van der Waals surface area contributed by atoms with Gasteiger partial charge in [-0.3, -0.25) is 14.9 Å². The lowest BCUT2D eigenvalue weighted by atomic mass is 10.3. The molecule has 7 nitrogen and oxygen atoms in total. The first kappa shape index (κ1) is 12.4. The third kappa shape index (κ3) is 2.27. The topological polar surface area (TPSA) is 88.4 Å². The molecule has 0 aromatic carbocycles. The molecule has 1 saturated carbocycles.